The van der Waals surface area contributed by atoms with Crippen molar-refractivity contribution in [2.75, 3.05) is 33.7 Å². The molecule has 4 N–H and O–H groups in total. The minimum absolute atomic E-state index is 0.0116. The van der Waals surface area contributed by atoms with Gasteiger partial charge in [-0.2, -0.15) is 0 Å². The molecule has 3 amide bonds. The van der Waals surface area contributed by atoms with E-state index in [0.717, 1.165) is 12.8 Å². The molecule has 1 unspecified atom stereocenters. The van der Waals surface area contributed by atoms with Gasteiger partial charge in [-0.25, -0.2) is 4.79 Å². The first-order chi connectivity index (χ1) is 7.99. The number of carbonyl (C=O) groups excluding carboxylic acids is 2. The Balaban J connectivity index is 3.60. The molecule has 0 saturated heterocycles. The Kier molecular flexibility index (Phi) is 8.13. The van der Waals surface area contributed by atoms with Gasteiger partial charge in [-0.05, 0) is 19.4 Å². The van der Waals surface area contributed by atoms with E-state index in [2.05, 4.69) is 10.6 Å². The van der Waals surface area contributed by atoms with Crippen LogP contribution in [0.15, 0.2) is 0 Å². The van der Waals surface area contributed by atoms with Crippen molar-refractivity contribution in [3.63, 3.8) is 0 Å². The van der Waals surface area contributed by atoms with Gasteiger partial charge in [0, 0.05) is 33.1 Å². The van der Waals surface area contributed by atoms with Gasteiger partial charge in [0.25, 0.3) is 0 Å². The Labute approximate surface area is 103 Å². The molecule has 0 spiro atoms. The normalized spacial score (nSPS) is 11.8. The van der Waals surface area contributed by atoms with Gasteiger partial charge in [0.1, 0.15) is 0 Å². The molecule has 0 aromatic carbocycles. The Hall–Kier alpha value is -1.30. The number of nitrogens with one attached hydrogen (secondary N) is 2. The SMILES string of the molecule is CC(CCCN)C(=O)NCCNC(=O)N(C)C. The van der Waals surface area contributed by atoms with E-state index >= 15 is 0 Å². The van der Waals surface area contributed by atoms with Gasteiger partial charge in [0.15, 0.2) is 0 Å². The zero-order valence-corrected chi connectivity index (χ0v) is 11.0. The maximum atomic E-state index is 11.6. The number of hydrogen-bond donors (Lipinski definition) is 3. The number of amides is 3. The molecule has 6 heteroatoms. The van der Waals surface area contributed by atoms with E-state index in [1.54, 1.807) is 14.1 Å². The highest BCUT2D eigenvalue weighted by Gasteiger charge is 2.11. The molecule has 0 fully saturated rings. The van der Waals surface area contributed by atoms with Gasteiger partial charge in [-0.1, -0.05) is 6.92 Å². The van der Waals surface area contributed by atoms with Crippen LogP contribution in [0.5, 0.6) is 0 Å². The molecular formula is C11H24N4O2. The lowest BCUT2D eigenvalue weighted by Gasteiger charge is -2.14. The molecule has 17 heavy (non-hydrogen) atoms. The van der Waals surface area contributed by atoms with E-state index in [4.69, 9.17) is 5.73 Å². The lowest BCUT2D eigenvalue weighted by molar-refractivity contribution is -0.124. The summed E-state index contributed by atoms with van der Waals surface area (Å²) in [5.74, 6) is -0.0133. The third-order valence-corrected chi connectivity index (χ3v) is 2.40. The van der Waals surface area contributed by atoms with E-state index in [-0.39, 0.29) is 17.9 Å². The highest BCUT2D eigenvalue weighted by molar-refractivity contribution is 5.78. The molecule has 100 valence electrons. The van der Waals surface area contributed by atoms with Crippen molar-refractivity contribution < 1.29 is 9.59 Å². The van der Waals surface area contributed by atoms with Crippen LogP contribution in [0.25, 0.3) is 0 Å². The number of nitrogens with zero attached hydrogens (tertiary/aromatic N) is 1. The summed E-state index contributed by atoms with van der Waals surface area (Å²) >= 11 is 0. The second-order valence-electron chi connectivity index (χ2n) is 4.25. The first-order valence-electron chi connectivity index (χ1n) is 5.92. The number of hydrogen-bond acceptors (Lipinski definition) is 3. The molecule has 0 aliphatic carbocycles. The zero-order valence-electron chi connectivity index (χ0n) is 11.0. The summed E-state index contributed by atoms with van der Waals surface area (Å²) in [6, 6.07) is -0.157. The molecule has 0 aliphatic rings. The summed E-state index contributed by atoms with van der Waals surface area (Å²) in [7, 11) is 3.34. The Morgan fingerprint density at radius 3 is 2.35 bits per heavy atom. The van der Waals surface area contributed by atoms with Crippen LogP contribution in [-0.2, 0) is 4.79 Å². The Morgan fingerprint density at radius 1 is 1.24 bits per heavy atom. The second-order valence-corrected chi connectivity index (χ2v) is 4.25. The van der Waals surface area contributed by atoms with E-state index in [1.807, 2.05) is 6.92 Å². The largest absolute Gasteiger partial charge is 0.354 e. The molecule has 6 nitrogen and oxygen atoms in total. The van der Waals surface area contributed by atoms with Gasteiger partial charge >= 0.3 is 6.03 Å². The van der Waals surface area contributed by atoms with Crippen molar-refractivity contribution in [2.24, 2.45) is 11.7 Å². The molecule has 0 bridgehead atoms. The van der Waals surface area contributed by atoms with Crippen molar-refractivity contribution in [3.8, 4) is 0 Å². The summed E-state index contributed by atoms with van der Waals surface area (Å²) in [5, 5.41) is 5.44. The van der Waals surface area contributed by atoms with Crippen LogP contribution in [0.1, 0.15) is 19.8 Å². The molecule has 0 saturated carbocycles. The number of rotatable bonds is 7. The van der Waals surface area contributed by atoms with Gasteiger partial charge < -0.3 is 21.3 Å². The van der Waals surface area contributed by atoms with Gasteiger partial charge in [-0.3, -0.25) is 4.79 Å². The maximum absolute atomic E-state index is 11.6. The van der Waals surface area contributed by atoms with E-state index in [0.29, 0.717) is 19.6 Å². The van der Waals surface area contributed by atoms with Crippen LogP contribution < -0.4 is 16.4 Å². The van der Waals surface area contributed by atoms with Crippen LogP contribution >= 0.6 is 0 Å². The fourth-order valence-corrected chi connectivity index (χ4v) is 1.24. The molecule has 0 aromatic heterocycles. The van der Waals surface area contributed by atoms with Crippen molar-refractivity contribution in [1.29, 1.82) is 0 Å². The number of nitrogens with two attached hydrogens (primary N) is 1. The average molecular weight is 244 g/mol. The van der Waals surface area contributed by atoms with Crippen molar-refractivity contribution in [2.45, 2.75) is 19.8 Å². The van der Waals surface area contributed by atoms with Crippen LogP contribution in [0.4, 0.5) is 4.79 Å². The molecule has 0 rings (SSSR count). The topological polar surface area (TPSA) is 87.5 Å². The minimum Gasteiger partial charge on any atom is -0.354 e. The Bertz CT molecular complexity index is 244. The third kappa shape index (κ3) is 7.57. The van der Waals surface area contributed by atoms with Crippen molar-refractivity contribution in [1.82, 2.24) is 15.5 Å². The summed E-state index contributed by atoms with van der Waals surface area (Å²) in [4.78, 5) is 24.2. The molecular weight excluding hydrogens is 220 g/mol. The van der Waals surface area contributed by atoms with E-state index in [1.165, 1.54) is 4.90 Å². The van der Waals surface area contributed by atoms with E-state index < -0.39 is 0 Å². The molecule has 0 heterocycles. The minimum atomic E-state index is -0.157. The molecule has 0 radical (unpaired) electrons. The Morgan fingerprint density at radius 2 is 1.82 bits per heavy atom. The second kappa shape index (κ2) is 8.81. The van der Waals surface area contributed by atoms with Gasteiger partial charge in [0.05, 0.1) is 0 Å². The molecule has 1 atom stereocenters. The first-order valence-corrected chi connectivity index (χ1v) is 5.92. The van der Waals surface area contributed by atoms with E-state index in [9.17, 15) is 9.59 Å². The first kappa shape index (κ1) is 15.7. The number of urea groups is 1. The lowest BCUT2D eigenvalue weighted by atomic mass is 10.1. The fraction of sp³-hybridized carbons (Fsp3) is 0.818. The smallest absolute Gasteiger partial charge is 0.316 e. The van der Waals surface area contributed by atoms with Crippen LogP contribution in [0.2, 0.25) is 0 Å². The standard InChI is InChI=1S/C11H24N4O2/c1-9(5-4-6-12)10(16)13-7-8-14-11(17)15(2)3/h9H,4-8,12H2,1-3H3,(H,13,16)(H,14,17). The monoisotopic (exact) mass is 244 g/mol. The predicted octanol–water partition coefficient (Wildman–Crippen LogP) is -0.251. The lowest BCUT2D eigenvalue weighted by Crippen LogP contribution is -2.40. The highest BCUT2D eigenvalue weighted by Crippen LogP contribution is 2.03. The summed E-state index contributed by atoms with van der Waals surface area (Å²) in [5.41, 5.74) is 5.38. The van der Waals surface area contributed by atoms with Crippen LogP contribution in [0, 0.1) is 5.92 Å². The van der Waals surface area contributed by atoms with Crippen LogP contribution in [-0.4, -0.2) is 50.6 Å². The summed E-state index contributed by atoms with van der Waals surface area (Å²) < 4.78 is 0. The van der Waals surface area contributed by atoms with Crippen molar-refractivity contribution in [3.05, 3.63) is 0 Å². The highest BCUT2D eigenvalue weighted by atomic mass is 16.2. The summed E-state index contributed by atoms with van der Waals surface area (Å²) in [6.45, 7) is 3.37. The number of carbonyl (C=O) groups is 2. The maximum Gasteiger partial charge on any atom is 0.316 e. The average Bonchev–Trinajstić information content (AvgIpc) is 2.30. The predicted molar refractivity (Wildman–Crippen MR) is 67.5 cm³/mol. The molecule has 0 aromatic rings. The zero-order chi connectivity index (χ0) is 13.3. The fourth-order valence-electron chi connectivity index (χ4n) is 1.24. The third-order valence-electron chi connectivity index (χ3n) is 2.40. The quantitative estimate of drug-likeness (QED) is 0.540. The van der Waals surface area contributed by atoms with Crippen molar-refractivity contribution >= 4 is 11.9 Å². The van der Waals surface area contributed by atoms with Gasteiger partial charge in [-0.15, -0.1) is 0 Å². The summed E-state index contributed by atoms with van der Waals surface area (Å²) in [6.07, 6.45) is 1.65. The van der Waals surface area contributed by atoms with Crippen LogP contribution in [0.3, 0.4) is 0 Å². The molecule has 0 aliphatic heterocycles. The van der Waals surface area contributed by atoms with Gasteiger partial charge in [0.2, 0.25) is 5.91 Å².